The number of fused-ring (bicyclic) bond motifs is 8. The van der Waals surface area contributed by atoms with Gasteiger partial charge >= 0.3 is 0 Å². The molecule has 1 aliphatic carbocycles. The highest BCUT2D eigenvalue weighted by Gasteiger charge is 2.36. The maximum atomic E-state index is 6.55. The first-order chi connectivity index (χ1) is 28.5. The SMILES string of the molecule is CC1(C)c2ccccc2-c2ccc(N(c3ccc(-c4ccc5c(c4)Oc4cccc6cccc-5c46)cc3)c3ccc4c5ccccc5n(-c5ccccc5)c4c3)cc21. The van der Waals surface area contributed by atoms with Gasteiger partial charge in [0.15, 0.2) is 0 Å². The van der Waals surface area contributed by atoms with Crippen molar-refractivity contribution in [3.8, 4) is 50.6 Å². The lowest BCUT2D eigenvalue weighted by molar-refractivity contribution is 0.487. The average molecular weight is 743 g/mol. The number of nitrogens with zero attached hydrogens (tertiary/aromatic N) is 2. The molecule has 1 aliphatic heterocycles. The largest absolute Gasteiger partial charge is 0.456 e. The van der Waals surface area contributed by atoms with Gasteiger partial charge in [0.2, 0.25) is 0 Å². The van der Waals surface area contributed by atoms with E-state index >= 15 is 0 Å². The van der Waals surface area contributed by atoms with Crippen LogP contribution in [-0.2, 0) is 5.41 Å². The number of hydrogen-bond acceptors (Lipinski definition) is 2. The predicted molar refractivity (Wildman–Crippen MR) is 241 cm³/mol. The number of aromatic nitrogens is 1. The third-order valence-electron chi connectivity index (χ3n) is 12.6. The zero-order chi connectivity index (χ0) is 38.5. The second-order valence-electron chi connectivity index (χ2n) is 16.1. The number of hydrogen-bond donors (Lipinski definition) is 0. The van der Waals surface area contributed by atoms with Gasteiger partial charge in [-0.05, 0) is 117 Å². The van der Waals surface area contributed by atoms with Gasteiger partial charge in [0.05, 0.1) is 11.0 Å². The molecule has 0 unspecified atom stereocenters. The van der Waals surface area contributed by atoms with Crippen LogP contribution in [0.1, 0.15) is 25.0 Å². The molecule has 58 heavy (non-hydrogen) atoms. The third kappa shape index (κ3) is 4.80. The van der Waals surface area contributed by atoms with Gasteiger partial charge in [-0.1, -0.05) is 135 Å². The first-order valence-corrected chi connectivity index (χ1v) is 20.1. The molecule has 0 saturated carbocycles. The van der Waals surface area contributed by atoms with Crippen molar-refractivity contribution < 1.29 is 4.74 Å². The van der Waals surface area contributed by atoms with Crippen LogP contribution in [0, 0.1) is 0 Å². The standard InChI is InChI=1S/C55H38N2O/c1-55(2)48-19-8-6-16-42(48)43-30-27-40(33-49(43)55)56(41-28-31-45-44-17-7-9-20-50(44)57(51(45)34-41)38-14-4-3-5-15-38)39-25-22-35(23-26-39)37-24-29-46-47-18-10-12-36-13-11-21-52(54(36)47)58-53(46)32-37/h3-34H,1-2H3. The molecule has 12 rings (SSSR count). The summed E-state index contributed by atoms with van der Waals surface area (Å²) in [5.41, 5.74) is 16.7. The lowest BCUT2D eigenvalue weighted by Gasteiger charge is -2.28. The van der Waals surface area contributed by atoms with Crippen LogP contribution in [0.25, 0.3) is 71.6 Å². The van der Waals surface area contributed by atoms with Gasteiger partial charge in [0.1, 0.15) is 11.5 Å². The predicted octanol–water partition coefficient (Wildman–Crippen LogP) is 15.2. The van der Waals surface area contributed by atoms with Crippen molar-refractivity contribution in [2.45, 2.75) is 19.3 Å². The summed E-state index contributed by atoms with van der Waals surface area (Å²) >= 11 is 0. The molecule has 3 nitrogen and oxygen atoms in total. The number of benzene rings is 9. The maximum Gasteiger partial charge on any atom is 0.135 e. The fourth-order valence-electron chi connectivity index (χ4n) is 9.78. The van der Waals surface area contributed by atoms with Gasteiger partial charge in [-0.2, -0.15) is 0 Å². The third-order valence-corrected chi connectivity index (χ3v) is 12.6. The fourth-order valence-corrected chi connectivity index (χ4v) is 9.78. The highest BCUT2D eigenvalue weighted by atomic mass is 16.5. The van der Waals surface area contributed by atoms with Crippen LogP contribution in [0.15, 0.2) is 194 Å². The second kappa shape index (κ2) is 12.3. The molecule has 2 heterocycles. The van der Waals surface area contributed by atoms with Crippen LogP contribution in [-0.4, -0.2) is 4.57 Å². The van der Waals surface area contributed by atoms with Crippen molar-refractivity contribution in [2.75, 3.05) is 4.90 Å². The molecule has 2 aliphatic rings. The maximum absolute atomic E-state index is 6.55. The average Bonchev–Trinajstić information content (AvgIpc) is 3.72. The molecule has 0 spiro atoms. The van der Waals surface area contributed by atoms with Crippen molar-refractivity contribution in [3.63, 3.8) is 0 Å². The van der Waals surface area contributed by atoms with E-state index in [4.69, 9.17) is 4.74 Å². The second-order valence-corrected chi connectivity index (χ2v) is 16.1. The van der Waals surface area contributed by atoms with Gasteiger partial charge in [-0.25, -0.2) is 0 Å². The van der Waals surface area contributed by atoms with E-state index in [1.165, 1.54) is 60.4 Å². The Labute approximate surface area is 337 Å². The summed E-state index contributed by atoms with van der Waals surface area (Å²) in [7, 11) is 0. The van der Waals surface area contributed by atoms with Crippen LogP contribution >= 0.6 is 0 Å². The van der Waals surface area contributed by atoms with E-state index in [1.807, 2.05) is 0 Å². The first kappa shape index (κ1) is 32.8. The van der Waals surface area contributed by atoms with E-state index in [9.17, 15) is 0 Å². The van der Waals surface area contributed by atoms with Crippen molar-refractivity contribution in [1.82, 2.24) is 4.57 Å². The van der Waals surface area contributed by atoms with Crippen molar-refractivity contribution >= 4 is 49.6 Å². The zero-order valence-electron chi connectivity index (χ0n) is 32.3. The Morgan fingerprint density at radius 2 is 1.09 bits per heavy atom. The summed E-state index contributed by atoms with van der Waals surface area (Å²) in [6, 6.07) is 70.7. The quantitative estimate of drug-likeness (QED) is 0.175. The molecular formula is C55H38N2O. The molecular weight excluding hydrogens is 705 g/mol. The highest BCUT2D eigenvalue weighted by Crippen LogP contribution is 2.51. The summed E-state index contributed by atoms with van der Waals surface area (Å²) < 4.78 is 8.95. The molecule has 0 radical (unpaired) electrons. The van der Waals surface area contributed by atoms with E-state index < -0.39 is 0 Å². The van der Waals surface area contributed by atoms with Crippen LogP contribution in [0.5, 0.6) is 11.5 Å². The molecule has 9 aromatic carbocycles. The molecule has 0 N–H and O–H groups in total. The molecule has 0 atom stereocenters. The highest BCUT2D eigenvalue weighted by molar-refractivity contribution is 6.10. The van der Waals surface area contributed by atoms with Gasteiger partial charge < -0.3 is 14.2 Å². The van der Waals surface area contributed by atoms with Crippen molar-refractivity contribution in [1.29, 1.82) is 0 Å². The lowest BCUT2D eigenvalue weighted by atomic mass is 9.82. The Hall–Kier alpha value is -7.36. The molecule has 0 amide bonds. The summed E-state index contributed by atoms with van der Waals surface area (Å²) in [6.07, 6.45) is 0. The van der Waals surface area contributed by atoms with Crippen molar-refractivity contribution in [3.05, 3.63) is 205 Å². The van der Waals surface area contributed by atoms with Crippen LogP contribution < -0.4 is 9.64 Å². The number of rotatable bonds is 5. The van der Waals surface area contributed by atoms with Crippen LogP contribution in [0.3, 0.4) is 0 Å². The number of anilines is 3. The first-order valence-electron chi connectivity index (χ1n) is 20.1. The fraction of sp³-hybridized carbons (Fsp3) is 0.0545. The van der Waals surface area contributed by atoms with E-state index in [1.54, 1.807) is 0 Å². The smallest absolute Gasteiger partial charge is 0.135 e. The van der Waals surface area contributed by atoms with E-state index in [2.05, 4.69) is 217 Å². The normalized spacial score (nSPS) is 13.3. The number of ether oxygens (including phenoxy) is 1. The van der Waals surface area contributed by atoms with Gasteiger partial charge in [-0.15, -0.1) is 0 Å². The minimum absolute atomic E-state index is 0.123. The summed E-state index contributed by atoms with van der Waals surface area (Å²) in [5.74, 6) is 1.80. The molecule has 0 fully saturated rings. The molecule has 10 aromatic rings. The van der Waals surface area contributed by atoms with E-state index in [0.717, 1.165) is 50.9 Å². The Balaban J connectivity index is 1.01. The Bertz CT molecular complexity index is 3280. The van der Waals surface area contributed by atoms with Crippen LogP contribution in [0.4, 0.5) is 17.1 Å². The molecule has 1 aromatic heterocycles. The molecule has 0 saturated heterocycles. The van der Waals surface area contributed by atoms with E-state index in [0.29, 0.717) is 0 Å². The Morgan fingerprint density at radius 1 is 0.431 bits per heavy atom. The van der Waals surface area contributed by atoms with Gasteiger partial charge in [0.25, 0.3) is 0 Å². The van der Waals surface area contributed by atoms with Crippen LogP contribution in [0.2, 0.25) is 0 Å². The monoisotopic (exact) mass is 742 g/mol. The topological polar surface area (TPSA) is 17.4 Å². The minimum atomic E-state index is -0.123. The summed E-state index contributed by atoms with van der Waals surface area (Å²) in [4.78, 5) is 2.42. The van der Waals surface area contributed by atoms with Crippen molar-refractivity contribution in [2.24, 2.45) is 0 Å². The van der Waals surface area contributed by atoms with E-state index in [-0.39, 0.29) is 5.41 Å². The number of para-hydroxylation sites is 2. The Kier molecular flexibility index (Phi) is 6.98. The molecule has 274 valence electrons. The summed E-state index contributed by atoms with van der Waals surface area (Å²) in [6.45, 7) is 4.71. The molecule has 3 heteroatoms. The minimum Gasteiger partial charge on any atom is -0.456 e. The Morgan fingerprint density at radius 3 is 1.97 bits per heavy atom. The van der Waals surface area contributed by atoms with Gasteiger partial charge in [-0.3, -0.25) is 0 Å². The zero-order valence-corrected chi connectivity index (χ0v) is 32.3. The molecule has 0 bridgehead atoms. The summed E-state index contributed by atoms with van der Waals surface area (Å²) in [5, 5.41) is 4.85. The lowest BCUT2D eigenvalue weighted by Crippen LogP contribution is -2.16. The van der Waals surface area contributed by atoms with Gasteiger partial charge in [0, 0.05) is 49.9 Å².